The lowest BCUT2D eigenvalue weighted by molar-refractivity contribution is 0.0672. The summed E-state index contributed by atoms with van der Waals surface area (Å²) < 4.78 is 5.04. The van der Waals surface area contributed by atoms with Crippen LogP contribution in [0.3, 0.4) is 0 Å². The molecule has 106 valence electrons. The number of aryl methyl sites for hydroxylation is 1. The minimum absolute atomic E-state index is 0.0685. The molecule has 0 saturated carbocycles. The number of rotatable bonds is 6. The number of benzene rings is 1. The average Bonchev–Trinajstić information content (AvgIpc) is 2.36. The van der Waals surface area contributed by atoms with Crippen molar-refractivity contribution in [3.05, 3.63) is 29.3 Å². The second-order valence-corrected chi connectivity index (χ2v) is 5.14. The average molecular weight is 265 g/mol. The van der Waals surface area contributed by atoms with E-state index in [0.29, 0.717) is 31.2 Å². The minimum Gasteiger partial charge on any atom is -0.508 e. The van der Waals surface area contributed by atoms with E-state index < -0.39 is 0 Å². The van der Waals surface area contributed by atoms with Crippen molar-refractivity contribution in [2.24, 2.45) is 5.92 Å². The Bertz CT molecular complexity index is 429. The van der Waals surface area contributed by atoms with Gasteiger partial charge in [-0.25, -0.2) is 0 Å². The summed E-state index contributed by atoms with van der Waals surface area (Å²) in [5.74, 6) is 0.475. The number of aromatic hydroxyl groups is 1. The molecule has 0 spiro atoms. The normalized spacial score (nSPS) is 10.8. The smallest absolute Gasteiger partial charge is 0.254 e. The van der Waals surface area contributed by atoms with E-state index in [1.54, 1.807) is 31.1 Å². The number of hydrogen-bond donors (Lipinski definition) is 1. The van der Waals surface area contributed by atoms with Crippen molar-refractivity contribution in [2.45, 2.75) is 20.8 Å². The zero-order valence-electron chi connectivity index (χ0n) is 12.1. The lowest BCUT2D eigenvalue weighted by Gasteiger charge is -2.24. The molecule has 19 heavy (non-hydrogen) atoms. The molecular formula is C15H23NO3. The fourth-order valence-corrected chi connectivity index (χ4v) is 1.84. The van der Waals surface area contributed by atoms with Crippen LogP contribution in [0.4, 0.5) is 0 Å². The van der Waals surface area contributed by atoms with Crippen LogP contribution < -0.4 is 0 Å². The third kappa shape index (κ3) is 4.56. The summed E-state index contributed by atoms with van der Waals surface area (Å²) in [6.07, 6.45) is 0. The molecule has 4 nitrogen and oxygen atoms in total. The molecule has 0 bridgehead atoms. The van der Waals surface area contributed by atoms with E-state index in [2.05, 4.69) is 13.8 Å². The lowest BCUT2D eigenvalue weighted by atomic mass is 10.1. The van der Waals surface area contributed by atoms with E-state index in [0.717, 1.165) is 5.56 Å². The van der Waals surface area contributed by atoms with Gasteiger partial charge in [0.15, 0.2) is 0 Å². The molecule has 1 rings (SSSR count). The van der Waals surface area contributed by atoms with Crippen molar-refractivity contribution >= 4 is 5.91 Å². The summed E-state index contributed by atoms with van der Waals surface area (Å²) in [4.78, 5) is 14.2. The third-order valence-corrected chi connectivity index (χ3v) is 2.89. The van der Waals surface area contributed by atoms with E-state index >= 15 is 0 Å². The van der Waals surface area contributed by atoms with Crippen LogP contribution in [-0.4, -0.2) is 42.7 Å². The number of carbonyl (C=O) groups is 1. The number of phenolic OH excluding ortho intramolecular Hbond substituents is 1. The summed E-state index contributed by atoms with van der Waals surface area (Å²) in [6, 6.07) is 5.03. The number of methoxy groups -OCH3 is 1. The Morgan fingerprint density at radius 3 is 2.63 bits per heavy atom. The lowest BCUT2D eigenvalue weighted by Crippen LogP contribution is -2.36. The molecule has 0 unspecified atom stereocenters. The van der Waals surface area contributed by atoms with E-state index in [1.165, 1.54) is 6.07 Å². The van der Waals surface area contributed by atoms with Gasteiger partial charge >= 0.3 is 0 Å². The Kier molecular flexibility index (Phi) is 5.83. The van der Waals surface area contributed by atoms with Gasteiger partial charge in [0.1, 0.15) is 5.75 Å². The Morgan fingerprint density at radius 2 is 2.11 bits per heavy atom. The van der Waals surface area contributed by atoms with Gasteiger partial charge in [0.2, 0.25) is 0 Å². The van der Waals surface area contributed by atoms with Gasteiger partial charge in [-0.15, -0.1) is 0 Å². The SMILES string of the molecule is COCCN(CC(C)C)C(=O)c1ccc(C)c(O)c1. The molecule has 0 heterocycles. The van der Waals surface area contributed by atoms with Crippen LogP contribution >= 0.6 is 0 Å². The van der Waals surface area contributed by atoms with Gasteiger partial charge in [0, 0.05) is 25.8 Å². The summed E-state index contributed by atoms with van der Waals surface area (Å²) >= 11 is 0. The van der Waals surface area contributed by atoms with Crippen LogP contribution in [-0.2, 0) is 4.74 Å². The Morgan fingerprint density at radius 1 is 1.42 bits per heavy atom. The summed E-state index contributed by atoms with van der Waals surface area (Å²) in [7, 11) is 1.62. The standard InChI is InChI=1S/C15H23NO3/c1-11(2)10-16(7-8-19-4)15(18)13-6-5-12(3)14(17)9-13/h5-6,9,11,17H,7-8,10H2,1-4H3. The van der Waals surface area contributed by atoms with Gasteiger partial charge in [-0.05, 0) is 30.5 Å². The summed E-state index contributed by atoms with van der Waals surface area (Å²) in [5.41, 5.74) is 1.28. The van der Waals surface area contributed by atoms with Crippen LogP contribution in [0.1, 0.15) is 29.8 Å². The number of hydrogen-bond acceptors (Lipinski definition) is 3. The van der Waals surface area contributed by atoms with Crippen molar-refractivity contribution in [1.82, 2.24) is 4.90 Å². The molecule has 0 aliphatic heterocycles. The Labute approximate surface area is 115 Å². The fourth-order valence-electron chi connectivity index (χ4n) is 1.84. The van der Waals surface area contributed by atoms with Gasteiger partial charge in [-0.2, -0.15) is 0 Å². The van der Waals surface area contributed by atoms with Crippen LogP contribution in [0.2, 0.25) is 0 Å². The molecule has 0 radical (unpaired) electrons. The maximum Gasteiger partial charge on any atom is 0.254 e. The van der Waals surface area contributed by atoms with Crippen molar-refractivity contribution in [1.29, 1.82) is 0 Å². The van der Waals surface area contributed by atoms with E-state index in [1.807, 2.05) is 0 Å². The largest absolute Gasteiger partial charge is 0.508 e. The van der Waals surface area contributed by atoms with Gasteiger partial charge in [-0.1, -0.05) is 19.9 Å². The maximum absolute atomic E-state index is 12.4. The topological polar surface area (TPSA) is 49.8 Å². The second kappa shape index (κ2) is 7.14. The molecule has 4 heteroatoms. The van der Waals surface area contributed by atoms with Crippen molar-refractivity contribution < 1.29 is 14.6 Å². The predicted octanol–water partition coefficient (Wildman–Crippen LogP) is 2.45. The number of nitrogens with zero attached hydrogens (tertiary/aromatic N) is 1. The number of ether oxygens (including phenoxy) is 1. The van der Waals surface area contributed by atoms with Crippen molar-refractivity contribution in [3.8, 4) is 5.75 Å². The molecule has 0 saturated heterocycles. The monoisotopic (exact) mass is 265 g/mol. The number of phenols is 1. The third-order valence-electron chi connectivity index (χ3n) is 2.89. The van der Waals surface area contributed by atoms with Gasteiger partial charge in [0.25, 0.3) is 5.91 Å². The number of amides is 1. The molecule has 0 aromatic heterocycles. The second-order valence-electron chi connectivity index (χ2n) is 5.14. The highest BCUT2D eigenvalue weighted by atomic mass is 16.5. The van der Waals surface area contributed by atoms with Crippen LogP contribution in [0, 0.1) is 12.8 Å². The molecule has 0 atom stereocenters. The van der Waals surface area contributed by atoms with Crippen LogP contribution in [0.5, 0.6) is 5.75 Å². The zero-order chi connectivity index (χ0) is 14.4. The van der Waals surface area contributed by atoms with Gasteiger partial charge < -0.3 is 14.7 Å². The maximum atomic E-state index is 12.4. The van der Waals surface area contributed by atoms with Gasteiger partial charge in [0.05, 0.1) is 6.61 Å². The first kappa shape index (κ1) is 15.5. The first-order valence-electron chi connectivity index (χ1n) is 6.53. The van der Waals surface area contributed by atoms with Gasteiger partial charge in [-0.3, -0.25) is 4.79 Å². The highest BCUT2D eigenvalue weighted by Crippen LogP contribution is 2.19. The summed E-state index contributed by atoms with van der Waals surface area (Å²) in [6.45, 7) is 7.69. The zero-order valence-corrected chi connectivity index (χ0v) is 12.1. The molecule has 1 amide bonds. The summed E-state index contributed by atoms with van der Waals surface area (Å²) in [5, 5.41) is 9.69. The van der Waals surface area contributed by atoms with Crippen LogP contribution in [0.15, 0.2) is 18.2 Å². The Hall–Kier alpha value is -1.55. The molecule has 1 aromatic rings. The quantitative estimate of drug-likeness (QED) is 0.859. The van der Waals surface area contributed by atoms with E-state index in [4.69, 9.17) is 4.74 Å². The molecule has 0 fully saturated rings. The first-order chi connectivity index (χ1) is 8.95. The molecule has 0 aliphatic carbocycles. The minimum atomic E-state index is -0.0685. The molecule has 1 N–H and O–H groups in total. The first-order valence-corrected chi connectivity index (χ1v) is 6.53. The van der Waals surface area contributed by atoms with Crippen LogP contribution in [0.25, 0.3) is 0 Å². The Balaban J connectivity index is 2.87. The van der Waals surface area contributed by atoms with E-state index in [9.17, 15) is 9.90 Å². The van der Waals surface area contributed by atoms with E-state index in [-0.39, 0.29) is 11.7 Å². The molecular weight excluding hydrogens is 242 g/mol. The highest BCUT2D eigenvalue weighted by Gasteiger charge is 2.17. The highest BCUT2D eigenvalue weighted by molar-refractivity contribution is 5.94. The fraction of sp³-hybridized carbons (Fsp3) is 0.533. The molecule has 0 aliphatic rings. The van der Waals surface area contributed by atoms with Crippen molar-refractivity contribution in [2.75, 3.05) is 26.8 Å². The number of carbonyl (C=O) groups excluding carboxylic acids is 1. The van der Waals surface area contributed by atoms with Crippen molar-refractivity contribution in [3.63, 3.8) is 0 Å². The molecule has 1 aromatic carbocycles. The predicted molar refractivity (Wildman–Crippen MR) is 75.5 cm³/mol.